The van der Waals surface area contributed by atoms with Gasteiger partial charge in [0, 0.05) is 37.6 Å². The summed E-state index contributed by atoms with van der Waals surface area (Å²) in [5, 5.41) is 12.7. The third-order valence-corrected chi connectivity index (χ3v) is 5.40. The summed E-state index contributed by atoms with van der Waals surface area (Å²) < 4.78 is 35.8. The van der Waals surface area contributed by atoms with Gasteiger partial charge < -0.3 is 30.1 Å². The molecule has 1 atom stereocenters. The number of fused-ring (bicyclic) bond motifs is 1. The SMILES string of the molecule is COc1c(N2CCNC(C)C2)c(F)cc2c(=O)c(C(=O)O)cn(-c3ccc(F)cc3)c12.Cl.O. The largest absolute Gasteiger partial charge is 0.492 e. The number of nitrogens with zero attached hydrogens (tertiary/aromatic N) is 2. The van der Waals surface area contributed by atoms with E-state index in [0.29, 0.717) is 25.3 Å². The Morgan fingerprint density at radius 2 is 1.91 bits per heavy atom. The van der Waals surface area contributed by atoms with E-state index in [4.69, 9.17) is 4.74 Å². The number of pyridine rings is 1. The minimum Gasteiger partial charge on any atom is -0.492 e. The van der Waals surface area contributed by atoms with Crippen molar-refractivity contribution in [2.75, 3.05) is 31.6 Å². The molecule has 11 heteroatoms. The number of halogens is 3. The van der Waals surface area contributed by atoms with E-state index in [9.17, 15) is 19.1 Å². The van der Waals surface area contributed by atoms with Crippen molar-refractivity contribution >= 4 is 35.0 Å². The summed E-state index contributed by atoms with van der Waals surface area (Å²) >= 11 is 0. The van der Waals surface area contributed by atoms with Gasteiger partial charge in [-0.1, -0.05) is 0 Å². The molecule has 0 saturated carbocycles. The predicted molar refractivity (Wildman–Crippen MR) is 124 cm³/mol. The molecule has 0 radical (unpaired) electrons. The van der Waals surface area contributed by atoms with Crippen LogP contribution in [0, 0.1) is 11.6 Å². The van der Waals surface area contributed by atoms with Crippen LogP contribution in [0.5, 0.6) is 5.75 Å². The topological polar surface area (TPSA) is 115 Å². The van der Waals surface area contributed by atoms with Crippen LogP contribution in [-0.2, 0) is 0 Å². The molecule has 1 aliphatic rings. The number of ether oxygens (including phenoxy) is 1. The molecule has 4 rings (SSSR count). The van der Waals surface area contributed by atoms with Crippen molar-refractivity contribution < 1.29 is 28.9 Å². The number of carboxylic acid groups (broad SMARTS) is 1. The summed E-state index contributed by atoms with van der Waals surface area (Å²) in [6.07, 6.45) is 1.16. The molecule has 0 aliphatic carbocycles. The molecule has 1 unspecified atom stereocenters. The summed E-state index contributed by atoms with van der Waals surface area (Å²) in [5.74, 6) is -2.48. The lowest BCUT2D eigenvalue weighted by molar-refractivity contribution is 0.0695. The molecular formula is C22H24ClF2N3O5. The molecular weight excluding hydrogens is 460 g/mol. The lowest BCUT2D eigenvalue weighted by Crippen LogP contribution is -2.49. The van der Waals surface area contributed by atoms with Crippen LogP contribution >= 0.6 is 12.4 Å². The van der Waals surface area contributed by atoms with Gasteiger partial charge in [-0.05, 0) is 37.3 Å². The first kappa shape index (κ1) is 26.0. The lowest BCUT2D eigenvalue weighted by atomic mass is 10.1. The van der Waals surface area contributed by atoms with Crippen LogP contribution in [-0.4, -0.2) is 53.9 Å². The van der Waals surface area contributed by atoms with E-state index in [0.717, 1.165) is 12.3 Å². The molecule has 33 heavy (non-hydrogen) atoms. The molecule has 2 heterocycles. The Balaban J connectivity index is 0.00000193. The molecule has 3 aromatic rings. The molecule has 1 aliphatic heterocycles. The van der Waals surface area contributed by atoms with Gasteiger partial charge in [0.05, 0.1) is 12.5 Å². The first-order chi connectivity index (χ1) is 14.8. The van der Waals surface area contributed by atoms with Gasteiger partial charge in [0.1, 0.15) is 22.6 Å². The smallest absolute Gasteiger partial charge is 0.341 e. The zero-order chi connectivity index (χ0) is 22.3. The highest BCUT2D eigenvalue weighted by molar-refractivity contribution is 5.97. The zero-order valence-electron chi connectivity index (χ0n) is 17.9. The molecule has 0 amide bonds. The maximum absolute atomic E-state index is 15.3. The minimum absolute atomic E-state index is 0. The van der Waals surface area contributed by atoms with Gasteiger partial charge in [-0.15, -0.1) is 12.4 Å². The summed E-state index contributed by atoms with van der Waals surface area (Å²) in [7, 11) is 1.37. The fourth-order valence-corrected chi connectivity index (χ4v) is 4.00. The van der Waals surface area contributed by atoms with Crippen LogP contribution < -0.4 is 20.4 Å². The van der Waals surface area contributed by atoms with Crippen molar-refractivity contribution in [3.05, 3.63) is 63.9 Å². The molecule has 0 spiro atoms. The standard InChI is InChI=1S/C22H21F2N3O4.ClH.H2O/c1-12-10-26(8-7-25-12)19-17(24)9-15-18(21(19)31-2)27(11-16(20(15)28)22(29)30)14-5-3-13(23)4-6-14;;/h3-6,9,11-12,25H,7-8,10H2,1-2H3,(H,29,30);1H;1H2. The number of rotatable bonds is 4. The van der Waals surface area contributed by atoms with E-state index in [-0.39, 0.29) is 46.3 Å². The van der Waals surface area contributed by atoms with Crippen LogP contribution in [0.4, 0.5) is 14.5 Å². The fraction of sp³-hybridized carbons (Fsp3) is 0.273. The number of carboxylic acids is 1. The van der Waals surface area contributed by atoms with E-state index < -0.39 is 28.6 Å². The summed E-state index contributed by atoms with van der Waals surface area (Å²) in [4.78, 5) is 26.4. The highest BCUT2D eigenvalue weighted by Gasteiger charge is 2.28. The van der Waals surface area contributed by atoms with Gasteiger partial charge in [0.2, 0.25) is 5.43 Å². The number of nitrogens with one attached hydrogen (secondary N) is 1. The highest BCUT2D eigenvalue weighted by Crippen LogP contribution is 2.39. The maximum atomic E-state index is 15.3. The lowest BCUT2D eigenvalue weighted by Gasteiger charge is -2.35. The molecule has 2 aromatic carbocycles. The van der Waals surface area contributed by atoms with Crippen LogP contribution in [0.3, 0.4) is 0 Å². The average molecular weight is 484 g/mol. The van der Waals surface area contributed by atoms with Crippen molar-refractivity contribution in [3.63, 3.8) is 0 Å². The Kier molecular flexibility index (Phi) is 8.02. The number of anilines is 1. The number of hydrogen-bond acceptors (Lipinski definition) is 5. The Morgan fingerprint density at radius 1 is 1.24 bits per heavy atom. The van der Waals surface area contributed by atoms with Gasteiger partial charge in [-0.25, -0.2) is 13.6 Å². The second kappa shape index (κ2) is 10.2. The summed E-state index contributed by atoms with van der Waals surface area (Å²) in [5.41, 5.74) is -0.535. The van der Waals surface area contributed by atoms with Gasteiger partial charge >= 0.3 is 5.97 Å². The van der Waals surface area contributed by atoms with Gasteiger partial charge in [0.25, 0.3) is 0 Å². The van der Waals surface area contributed by atoms with Crippen LogP contribution in [0.25, 0.3) is 16.6 Å². The van der Waals surface area contributed by atoms with Crippen molar-refractivity contribution in [1.29, 1.82) is 0 Å². The van der Waals surface area contributed by atoms with E-state index in [1.54, 1.807) is 0 Å². The molecule has 8 nitrogen and oxygen atoms in total. The highest BCUT2D eigenvalue weighted by atomic mass is 35.5. The zero-order valence-corrected chi connectivity index (χ0v) is 18.7. The molecule has 4 N–H and O–H groups in total. The van der Waals surface area contributed by atoms with Gasteiger partial charge in [-0.2, -0.15) is 0 Å². The van der Waals surface area contributed by atoms with Crippen LogP contribution in [0.15, 0.2) is 41.3 Å². The van der Waals surface area contributed by atoms with Crippen LogP contribution in [0.1, 0.15) is 17.3 Å². The Bertz CT molecular complexity index is 1230. The van der Waals surface area contributed by atoms with E-state index in [2.05, 4.69) is 5.32 Å². The molecule has 1 fully saturated rings. The number of aromatic carboxylic acids is 1. The molecule has 1 aromatic heterocycles. The first-order valence-electron chi connectivity index (χ1n) is 9.75. The number of piperazine rings is 1. The van der Waals surface area contributed by atoms with E-state index in [1.807, 2.05) is 11.8 Å². The van der Waals surface area contributed by atoms with E-state index in [1.165, 1.54) is 35.9 Å². The third kappa shape index (κ3) is 4.63. The number of benzene rings is 2. The van der Waals surface area contributed by atoms with Gasteiger partial charge in [0.15, 0.2) is 11.6 Å². The van der Waals surface area contributed by atoms with Crippen molar-refractivity contribution in [1.82, 2.24) is 9.88 Å². The Hall–Kier alpha value is -3.21. The number of methoxy groups -OCH3 is 1. The third-order valence-electron chi connectivity index (χ3n) is 5.40. The van der Waals surface area contributed by atoms with E-state index >= 15 is 4.39 Å². The summed E-state index contributed by atoms with van der Waals surface area (Å²) in [6, 6.07) is 6.49. The Morgan fingerprint density at radius 3 is 2.48 bits per heavy atom. The maximum Gasteiger partial charge on any atom is 0.341 e. The number of aromatic nitrogens is 1. The average Bonchev–Trinajstić information content (AvgIpc) is 2.74. The summed E-state index contributed by atoms with van der Waals surface area (Å²) in [6.45, 7) is 3.67. The molecule has 1 saturated heterocycles. The van der Waals surface area contributed by atoms with Gasteiger partial charge in [-0.3, -0.25) is 4.79 Å². The quantitative estimate of drug-likeness (QED) is 0.588. The van der Waals surface area contributed by atoms with Crippen molar-refractivity contribution in [3.8, 4) is 11.4 Å². The molecule has 0 bridgehead atoms. The van der Waals surface area contributed by atoms with Crippen LogP contribution in [0.2, 0.25) is 0 Å². The number of carbonyl (C=O) groups is 1. The first-order valence-corrected chi connectivity index (χ1v) is 9.75. The van der Waals surface area contributed by atoms with Crippen molar-refractivity contribution in [2.45, 2.75) is 13.0 Å². The second-order valence-corrected chi connectivity index (χ2v) is 7.46. The predicted octanol–water partition coefficient (Wildman–Crippen LogP) is 2.37. The molecule has 178 valence electrons. The number of hydrogen-bond donors (Lipinski definition) is 2. The Labute approximate surface area is 194 Å². The minimum atomic E-state index is -1.44. The van der Waals surface area contributed by atoms with Crippen molar-refractivity contribution in [2.24, 2.45) is 0 Å². The normalized spacial score (nSPS) is 15.5. The fourth-order valence-electron chi connectivity index (χ4n) is 4.00. The monoisotopic (exact) mass is 483 g/mol. The second-order valence-electron chi connectivity index (χ2n) is 7.46.